The Kier molecular flexibility index (Phi) is 6.48. The summed E-state index contributed by atoms with van der Waals surface area (Å²) in [4.78, 5) is 0. The zero-order valence-electron chi connectivity index (χ0n) is 17.5. The van der Waals surface area contributed by atoms with Crippen LogP contribution >= 0.6 is 0 Å². The van der Waals surface area contributed by atoms with Crippen molar-refractivity contribution in [2.24, 2.45) is 11.8 Å². The molecule has 8 heteroatoms. The summed E-state index contributed by atoms with van der Waals surface area (Å²) in [5.74, 6) is -0.411. The number of fused-ring (bicyclic) bond motifs is 1. The Balaban J connectivity index is 2.34. The number of phenols is 2. The standard InChI is InChI=1S/C22H28O8/c1-27-15-7-12(8-16(28-2)20(15)25)18-14(10-24)13(9-23)5-11-6-17(29-3)21(26)22(30-4)19(11)18/h6-8,13-14,18,23-26H,5,9-10H2,1-4H3/t13-,14+,18+/m0/s1. The van der Waals surface area contributed by atoms with Gasteiger partial charge in [0.05, 0.1) is 28.4 Å². The fourth-order valence-electron chi connectivity index (χ4n) is 4.44. The summed E-state index contributed by atoms with van der Waals surface area (Å²) in [7, 11) is 5.78. The van der Waals surface area contributed by atoms with Crippen LogP contribution in [0.15, 0.2) is 18.2 Å². The van der Waals surface area contributed by atoms with Gasteiger partial charge in [0.1, 0.15) is 0 Å². The molecule has 1 aliphatic carbocycles. The Morgan fingerprint density at radius 2 is 1.37 bits per heavy atom. The quantitative estimate of drug-likeness (QED) is 0.538. The van der Waals surface area contributed by atoms with Gasteiger partial charge in [-0.05, 0) is 47.6 Å². The molecule has 0 saturated carbocycles. The van der Waals surface area contributed by atoms with Crippen LogP contribution in [0.25, 0.3) is 0 Å². The van der Waals surface area contributed by atoms with Gasteiger partial charge < -0.3 is 39.4 Å². The summed E-state index contributed by atoms with van der Waals surface area (Å²) in [6.45, 7) is -0.324. The van der Waals surface area contributed by atoms with E-state index in [2.05, 4.69) is 0 Å². The van der Waals surface area contributed by atoms with Gasteiger partial charge >= 0.3 is 0 Å². The van der Waals surface area contributed by atoms with Gasteiger partial charge in [0.25, 0.3) is 0 Å². The molecule has 0 aromatic heterocycles. The third-order valence-corrected chi connectivity index (χ3v) is 5.90. The number of hydrogen-bond donors (Lipinski definition) is 4. The van der Waals surface area contributed by atoms with E-state index in [4.69, 9.17) is 18.9 Å². The minimum absolute atomic E-state index is 0.126. The summed E-state index contributed by atoms with van der Waals surface area (Å²) in [6, 6.07) is 5.05. The fraction of sp³-hybridized carbons (Fsp3) is 0.455. The van der Waals surface area contributed by atoms with Gasteiger partial charge in [0.2, 0.25) is 11.5 Å². The van der Waals surface area contributed by atoms with Crippen LogP contribution < -0.4 is 18.9 Å². The maximum atomic E-state index is 10.7. The molecular formula is C22H28O8. The average Bonchev–Trinajstić information content (AvgIpc) is 2.77. The molecule has 4 N–H and O–H groups in total. The van der Waals surface area contributed by atoms with E-state index in [1.54, 1.807) is 18.2 Å². The maximum Gasteiger partial charge on any atom is 0.201 e. The lowest BCUT2D eigenvalue weighted by Gasteiger charge is -2.39. The molecule has 0 bridgehead atoms. The lowest BCUT2D eigenvalue weighted by Crippen LogP contribution is -2.35. The minimum Gasteiger partial charge on any atom is -0.502 e. The van der Waals surface area contributed by atoms with Crippen LogP contribution in [-0.2, 0) is 6.42 Å². The highest BCUT2D eigenvalue weighted by Crippen LogP contribution is 2.54. The molecule has 3 rings (SSSR count). The lowest BCUT2D eigenvalue weighted by atomic mass is 9.66. The van der Waals surface area contributed by atoms with Crippen molar-refractivity contribution in [1.82, 2.24) is 0 Å². The summed E-state index contributed by atoms with van der Waals surface area (Å²) in [5.41, 5.74) is 2.21. The second-order valence-electron chi connectivity index (χ2n) is 7.28. The van der Waals surface area contributed by atoms with Gasteiger partial charge in [0.15, 0.2) is 23.0 Å². The highest BCUT2D eigenvalue weighted by molar-refractivity contribution is 5.64. The first kappa shape index (κ1) is 21.9. The number of aliphatic hydroxyl groups is 2. The van der Waals surface area contributed by atoms with E-state index in [-0.39, 0.29) is 59.5 Å². The van der Waals surface area contributed by atoms with E-state index in [0.29, 0.717) is 17.5 Å². The number of benzene rings is 2. The predicted molar refractivity (Wildman–Crippen MR) is 109 cm³/mol. The van der Waals surface area contributed by atoms with E-state index in [9.17, 15) is 20.4 Å². The maximum absolute atomic E-state index is 10.7. The van der Waals surface area contributed by atoms with Crippen molar-refractivity contribution in [3.8, 4) is 34.5 Å². The molecule has 8 nitrogen and oxygen atoms in total. The van der Waals surface area contributed by atoms with Crippen LogP contribution in [0.4, 0.5) is 0 Å². The van der Waals surface area contributed by atoms with Crippen molar-refractivity contribution in [1.29, 1.82) is 0 Å². The second-order valence-corrected chi connectivity index (χ2v) is 7.28. The van der Waals surface area contributed by atoms with Gasteiger partial charge in [-0.1, -0.05) is 0 Å². The van der Waals surface area contributed by atoms with Crippen molar-refractivity contribution in [3.63, 3.8) is 0 Å². The molecule has 2 aromatic carbocycles. The first-order valence-electron chi connectivity index (χ1n) is 9.58. The van der Waals surface area contributed by atoms with Crippen LogP contribution in [0.5, 0.6) is 34.5 Å². The van der Waals surface area contributed by atoms with E-state index >= 15 is 0 Å². The highest BCUT2D eigenvalue weighted by atomic mass is 16.5. The molecule has 0 spiro atoms. The van der Waals surface area contributed by atoms with Crippen LogP contribution in [0, 0.1) is 11.8 Å². The number of aromatic hydroxyl groups is 2. The predicted octanol–water partition coefficient (Wildman–Crippen LogP) is 2.04. The van der Waals surface area contributed by atoms with Crippen LogP contribution in [0.3, 0.4) is 0 Å². The van der Waals surface area contributed by atoms with E-state index in [0.717, 1.165) is 5.56 Å². The van der Waals surface area contributed by atoms with Gasteiger partial charge in [-0.25, -0.2) is 0 Å². The number of ether oxygens (including phenoxy) is 4. The number of aliphatic hydroxyl groups excluding tert-OH is 2. The zero-order chi connectivity index (χ0) is 22.0. The molecular weight excluding hydrogens is 392 g/mol. The first-order valence-corrected chi connectivity index (χ1v) is 9.58. The molecule has 0 fully saturated rings. The Bertz CT molecular complexity index is 885. The van der Waals surface area contributed by atoms with Crippen molar-refractivity contribution in [2.45, 2.75) is 12.3 Å². The molecule has 0 heterocycles. The van der Waals surface area contributed by atoms with E-state index < -0.39 is 5.92 Å². The molecule has 0 unspecified atom stereocenters. The Morgan fingerprint density at radius 3 is 1.83 bits per heavy atom. The molecule has 164 valence electrons. The van der Waals surface area contributed by atoms with Crippen LogP contribution in [0.2, 0.25) is 0 Å². The summed E-state index contributed by atoms with van der Waals surface area (Å²) in [6.07, 6.45) is 0.479. The number of rotatable bonds is 7. The lowest BCUT2D eigenvalue weighted by molar-refractivity contribution is 0.0999. The van der Waals surface area contributed by atoms with Crippen molar-refractivity contribution in [2.75, 3.05) is 41.7 Å². The molecule has 1 aliphatic rings. The minimum atomic E-state index is -0.467. The van der Waals surface area contributed by atoms with Crippen molar-refractivity contribution in [3.05, 3.63) is 34.9 Å². The van der Waals surface area contributed by atoms with Gasteiger partial charge in [-0.15, -0.1) is 0 Å². The monoisotopic (exact) mass is 420 g/mol. The summed E-state index contributed by atoms with van der Waals surface area (Å²) >= 11 is 0. The molecule has 2 aromatic rings. The third-order valence-electron chi connectivity index (χ3n) is 5.90. The first-order chi connectivity index (χ1) is 14.4. The van der Waals surface area contributed by atoms with Crippen molar-refractivity contribution < 1.29 is 39.4 Å². The number of hydrogen-bond acceptors (Lipinski definition) is 8. The van der Waals surface area contributed by atoms with Crippen LogP contribution in [-0.4, -0.2) is 62.1 Å². The van der Waals surface area contributed by atoms with Gasteiger partial charge in [-0.3, -0.25) is 0 Å². The molecule has 3 atom stereocenters. The smallest absolute Gasteiger partial charge is 0.201 e. The summed E-state index contributed by atoms with van der Waals surface area (Å²) in [5, 5.41) is 41.3. The number of methoxy groups -OCH3 is 4. The van der Waals surface area contributed by atoms with Gasteiger partial charge in [0, 0.05) is 24.7 Å². The summed E-state index contributed by atoms with van der Waals surface area (Å²) < 4.78 is 21.4. The number of phenolic OH excluding ortho intramolecular Hbond substituents is 2. The largest absolute Gasteiger partial charge is 0.502 e. The molecule has 0 aliphatic heterocycles. The SMILES string of the molecule is COc1cc([C@H]2c3c(cc(OC)c(O)c3OC)C[C@@H](CO)[C@H]2CO)cc(OC)c1O. The molecule has 0 amide bonds. The Hall–Kier alpha value is -2.84. The normalized spacial score (nSPS) is 20.4. The highest BCUT2D eigenvalue weighted by Gasteiger charge is 2.41. The topological polar surface area (TPSA) is 118 Å². The Labute approximate surface area is 175 Å². The average molecular weight is 420 g/mol. The molecule has 30 heavy (non-hydrogen) atoms. The third kappa shape index (κ3) is 3.46. The van der Waals surface area contributed by atoms with Crippen molar-refractivity contribution >= 4 is 0 Å². The zero-order valence-corrected chi connectivity index (χ0v) is 17.5. The fourth-order valence-corrected chi connectivity index (χ4v) is 4.44. The van der Waals surface area contributed by atoms with E-state index in [1.807, 2.05) is 0 Å². The Morgan fingerprint density at radius 1 is 0.800 bits per heavy atom. The van der Waals surface area contributed by atoms with E-state index in [1.165, 1.54) is 28.4 Å². The molecule has 0 saturated heterocycles. The van der Waals surface area contributed by atoms with Gasteiger partial charge in [-0.2, -0.15) is 0 Å². The van der Waals surface area contributed by atoms with Crippen LogP contribution in [0.1, 0.15) is 22.6 Å². The molecule has 0 radical (unpaired) electrons. The second kappa shape index (κ2) is 8.89.